The quantitative estimate of drug-likeness (QED) is 0.217. The standard InChI is InChI=1S/C30H28FN5O4/c1-18(2)24-17-29(36(35-24)21-9-5-19(31)6-10-21)34-30(37)33-20-7-11-22(12-8-20)40-26-13-14-32-25-16-28(39-4)27(38-3)15-23(25)26/h5-18H,1-4H3,(H2,33,34,37). The smallest absolute Gasteiger partial charge is 0.324 e. The van der Waals surface area contributed by atoms with Crippen LogP contribution in [0.5, 0.6) is 23.0 Å². The molecular weight excluding hydrogens is 513 g/mol. The Morgan fingerprint density at radius 1 is 0.875 bits per heavy atom. The first-order chi connectivity index (χ1) is 19.3. The van der Waals surface area contributed by atoms with E-state index in [4.69, 9.17) is 14.2 Å². The van der Waals surface area contributed by atoms with Crippen molar-refractivity contribution >= 4 is 28.4 Å². The second-order valence-corrected chi connectivity index (χ2v) is 9.24. The number of pyridine rings is 1. The van der Waals surface area contributed by atoms with E-state index in [1.807, 2.05) is 19.9 Å². The lowest BCUT2D eigenvalue weighted by molar-refractivity contribution is 0.262. The summed E-state index contributed by atoms with van der Waals surface area (Å²) in [5, 5.41) is 11.0. The zero-order valence-corrected chi connectivity index (χ0v) is 22.4. The average Bonchev–Trinajstić information content (AvgIpc) is 3.37. The van der Waals surface area contributed by atoms with E-state index in [2.05, 4.69) is 20.7 Å². The van der Waals surface area contributed by atoms with Crippen LogP contribution >= 0.6 is 0 Å². The maximum atomic E-state index is 13.4. The van der Waals surface area contributed by atoms with Crippen LogP contribution in [0.1, 0.15) is 25.5 Å². The number of urea groups is 1. The molecular formula is C30H28FN5O4. The van der Waals surface area contributed by atoms with E-state index in [1.165, 1.54) is 12.1 Å². The minimum Gasteiger partial charge on any atom is -0.493 e. The fraction of sp³-hybridized carbons (Fsp3) is 0.167. The summed E-state index contributed by atoms with van der Waals surface area (Å²) in [5.41, 5.74) is 2.68. The van der Waals surface area contributed by atoms with Crippen molar-refractivity contribution in [3.05, 3.63) is 90.5 Å². The topological polar surface area (TPSA) is 99.5 Å². The Hall–Kier alpha value is -5.12. The minimum atomic E-state index is -0.451. The number of halogens is 1. The molecule has 0 spiro atoms. The Balaban J connectivity index is 1.30. The molecule has 2 heterocycles. The number of carbonyl (C=O) groups is 1. The van der Waals surface area contributed by atoms with Gasteiger partial charge in [0.05, 0.1) is 31.1 Å². The molecule has 9 nitrogen and oxygen atoms in total. The van der Waals surface area contributed by atoms with Crippen LogP contribution in [0.4, 0.5) is 20.7 Å². The third-order valence-corrected chi connectivity index (χ3v) is 6.18. The summed E-state index contributed by atoms with van der Waals surface area (Å²) >= 11 is 0. The largest absolute Gasteiger partial charge is 0.493 e. The first kappa shape index (κ1) is 26.5. The van der Waals surface area contributed by atoms with Gasteiger partial charge >= 0.3 is 6.03 Å². The number of hydrogen-bond acceptors (Lipinski definition) is 6. The van der Waals surface area contributed by atoms with Gasteiger partial charge in [-0.1, -0.05) is 13.8 Å². The predicted molar refractivity (Wildman–Crippen MR) is 152 cm³/mol. The van der Waals surface area contributed by atoms with Gasteiger partial charge in [-0.3, -0.25) is 10.3 Å². The van der Waals surface area contributed by atoms with Crippen LogP contribution in [0.2, 0.25) is 0 Å². The van der Waals surface area contributed by atoms with Crippen molar-refractivity contribution in [2.45, 2.75) is 19.8 Å². The van der Waals surface area contributed by atoms with E-state index in [-0.39, 0.29) is 11.7 Å². The molecule has 0 aliphatic rings. The van der Waals surface area contributed by atoms with Crippen LogP contribution in [-0.4, -0.2) is 35.0 Å². The highest BCUT2D eigenvalue weighted by Crippen LogP contribution is 2.37. The van der Waals surface area contributed by atoms with Crippen LogP contribution in [0.15, 0.2) is 79.0 Å². The number of amides is 2. The predicted octanol–water partition coefficient (Wildman–Crippen LogP) is 7.14. The highest BCUT2D eigenvalue weighted by molar-refractivity contribution is 5.99. The molecule has 0 saturated heterocycles. The number of nitrogens with one attached hydrogen (secondary N) is 2. The van der Waals surface area contributed by atoms with Crippen molar-refractivity contribution in [3.63, 3.8) is 0 Å². The molecule has 2 aromatic heterocycles. The molecule has 0 saturated carbocycles. The van der Waals surface area contributed by atoms with Gasteiger partial charge in [0.25, 0.3) is 0 Å². The number of anilines is 2. The number of ether oxygens (including phenoxy) is 3. The minimum absolute atomic E-state index is 0.137. The van der Waals surface area contributed by atoms with E-state index >= 15 is 0 Å². The van der Waals surface area contributed by atoms with Gasteiger partial charge in [-0.05, 0) is 66.6 Å². The zero-order valence-electron chi connectivity index (χ0n) is 22.4. The van der Waals surface area contributed by atoms with Crippen molar-refractivity contribution < 1.29 is 23.4 Å². The second kappa shape index (κ2) is 11.3. The van der Waals surface area contributed by atoms with E-state index < -0.39 is 6.03 Å². The number of fused-ring (bicyclic) bond motifs is 1. The van der Waals surface area contributed by atoms with Crippen LogP contribution in [0.3, 0.4) is 0 Å². The van der Waals surface area contributed by atoms with Crippen LogP contribution in [0, 0.1) is 5.82 Å². The molecule has 0 bridgehead atoms. The number of aromatic nitrogens is 3. The normalized spacial score (nSPS) is 10.9. The number of rotatable bonds is 8. The molecule has 0 unspecified atom stereocenters. The first-order valence-corrected chi connectivity index (χ1v) is 12.6. The molecule has 0 aliphatic heterocycles. The van der Waals surface area contributed by atoms with Crippen molar-refractivity contribution in [1.29, 1.82) is 0 Å². The summed E-state index contributed by atoms with van der Waals surface area (Å²) in [4.78, 5) is 17.2. The van der Waals surface area contributed by atoms with Crippen LogP contribution < -0.4 is 24.8 Å². The van der Waals surface area contributed by atoms with Crippen molar-refractivity contribution in [3.8, 4) is 28.7 Å². The molecule has 40 heavy (non-hydrogen) atoms. The number of benzene rings is 3. The number of carbonyl (C=O) groups excluding carboxylic acids is 1. The van der Waals surface area contributed by atoms with Crippen molar-refractivity contribution in [1.82, 2.24) is 14.8 Å². The van der Waals surface area contributed by atoms with Crippen LogP contribution in [0.25, 0.3) is 16.6 Å². The number of hydrogen-bond donors (Lipinski definition) is 2. The summed E-state index contributed by atoms with van der Waals surface area (Å²) < 4.78 is 31.9. The molecule has 10 heteroatoms. The molecule has 5 aromatic rings. The fourth-order valence-electron chi connectivity index (χ4n) is 4.10. The number of methoxy groups -OCH3 is 2. The van der Waals surface area contributed by atoms with E-state index in [0.29, 0.717) is 45.7 Å². The van der Waals surface area contributed by atoms with Gasteiger partial charge in [0, 0.05) is 29.4 Å². The summed E-state index contributed by atoms with van der Waals surface area (Å²) in [6.45, 7) is 4.01. The lowest BCUT2D eigenvalue weighted by Crippen LogP contribution is -2.21. The Bertz CT molecular complexity index is 1650. The summed E-state index contributed by atoms with van der Waals surface area (Å²) in [5.74, 6) is 2.57. The molecule has 0 fully saturated rings. The average molecular weight is 542 g/mol. The second-order valence-electron chi connectivity index (χ2n) is 9.24. The van der Waals surface area contributed by atoms with Crippen LogP contribution in [-0.2, 0) is 0 Å². The molecule has 0 atom stereocenters. The monoisotopic (exact) mass is 541 g/mol. The van der Waals surface area contributed by atoms with E-state index in [1.54, 1.807) is 79.7 Å². The summed E-state index contributed by atoms with van der Waals surface area (Å²) in [6, 6.07) is 19.6. The molecule has 204 valence electrons. The lowest BCUT2D eigenvalue weighted by Gasteiger charge is -2.13. The lowest BCUT2D eigenvalue weighted by atomic mass is 10.1. The van der Waals surface area contributed by atoms with Crippen molar-refractivity contribution in [2.75, 3.05) is 24.9 Å². The molecule has 5 rings (SSSR count). The molecule has 0 radical (unpaired) electrons. The molecule has 2 amide bonds. The molecule has 0 aliphatic carbocycles. The summed E-state index contributed by atoms with van der Waals surface area (Å²) in [7, 11) is 3.14. The Morgan fingerprint density at radius 2 is 1.57 bits per heavy atom. The molecule has 2 N–H and O–H groups in total. The van der Waals surface area contributed by atoms with Gasteiger partial charge in [-0.15, -0.1) is 0 Å². The Morgan fingerprint density at radius 3 is 2.25 bits per heavy atom. The zero-order chi connectivity index (χ0) is 28.2. The van der Waals surface area contributed by atoms with Gasteiger partial charge in [0.1, 0.15) is 23.1 Å². The van der Waals surface area contributed by atoms with Gasteiger partial charge in [0.15, 0.2) is 11.5 Å². The highest BCUT2D eigenvalue weighted by atomic mass is 19.1. The SMILES string of the molecule is COc1cc2nccc(Oc3ccc(NC(=O)Nc4cc(C(C)C)nn4-c4ccc(F)cc4)cc3)c2cc1OC. The first-order valence-electron chi connectivity index (χ1n) is 12.6. The highest BCUT2D eigenvalue weighted by Gasteiger charge is 2.15. The van der Waals surface area contributed by atoms with E-state index in [0.717, 1.165) is 11.1 Å². The molecule has 3 aromatic carbocycles. The van der Waals surface area contributed by atoms with E-state index in [9.17, 15) is 9.18 Å². The van der Waals surface area contributed by atoms with Gasteiger partial charge < -0.3 is 19.5 Å². The Kier molecular flexibility index (Phi) is 7.50. The third kappa shape index (κ3) is 5.65. The van der Waals surface area contributed by atoms with Gasteiger partial charge in [0.2, 0.25) is 0 Å². The van der Waals surface area contributed by atoms with Crippen molar-refractivity contribution in [2.24, 2.45) is 0 Å². The maximum Gasteiger partial charge on any atom is 0.324 e. The summed E-state index contributed by atoms with van der Waals surface area (Å²) in [6.07, 6.45) is 1.66. The number of nitrogens with zero attached hydrogens (tertiary/aromatic N) is 3. The van der Waals surface area contributed by atoms with Gasteiger partial charge in [-0.25, -0.2) is 13.9 Å². The third-order valence-electron chi connectivity index (χ3n) is 6.18. The van der Waals surface area contributed by atoms with Gasteiger partial charge in [-0.2, -0.15) is 5.10 Å². The fourth-order valence-corrected chi connectivity index (χ4v) is 4.10. The Labute approximate surface area is 230 Å². The maximum absolute atomic E-state index is 13.4.